The molecule has 0 spiro atoms. The number of halogens is 3. The van der Waals surface area contributed by atoms with Gasteiger partial charge in [0.25, 0.3) is 0 Å². The van der Waals surface area contributed by atoms with Gasteiger partial charge in [0.2, 0.25) is 5.91 Å². The van der Waals surface area contributed by atoms with Crippen LogP contribution in [0.4, 0.5) is 24.5 Å². The van der Waals surface area contributed by atoms with E-state index in [1.165, 1.54) is 6.07 Å². The van der Waals surface area contributed by atoms with Crippen LogP contribution in [0.5, 0.6) is 0 Å². The average Bonchev–Trinajstić information content (AvgIpc) is 2.33. The summed E-state index contributed by atoms with van der Waals surface area (Å²) in [6, 6.07) is 2.97. The third-order valence-electron chi connectivity index (χ3n) is 2.39. The van der Waals surface area contributed by atoms with E-state index in [0.717, 1.165) is 18.6 Å². The molecule has 1 aromatic rings. The second kappa shape index (κ2) is 6.31. The van der Waals surface area contributed by atoms with E-state index in [0.29, 0.717) is 12.2 Å². The first kappa shape index (κ1) is 15.1. The zero-order valence-electron chi connectivity index (χ0n) is 10.5. The van der Waals surface area contributed by atoms with Crippen LogP contribution in [0.15, 0.2) is 18.2 Å². The number of hydrogen-bond acceptors (Lipinski definition) is 3. The average molecular weight is 275 g/mol. The second-order valence-electron chi connectivity index (χ2n) is 4.00. The fraction of sp³-hybridized carbons (Fsp3) is 0.417. The fourth-order valence-corrected chi connectivity index (χ4v) is 1.40. The molecule has 0 atom stereocenters. The fourth-order valence-electron chi connectivity index (χ4n) is 1.40. The summed E-state index contributed by atoms with van der Waals surface area (Å²) in [6.45, 7) is 2.44. The number of alkyl halides is 3. The van der Waals surface area contributed by atoms with Gasteiger partial charge in [-0.1, -0.05) is 6.92 Å². The Morgan fingerprint density at radius 3 is 2.58 bits per heavy atom. The molecular weight excluding hydrogens is 259 g/mol. The Bertz CT molecular complexity index is 446. The van der Waals surface area contributed by atoms with Gasteiger partial charge in [-0.15, -0.1) is 0 Å². The van der Waals surface area contributed by atoms with E-state index in [1.807, 2.05) is 6.92 Å². The van der Waals surface area contributed by atoms with Crippen LogP contribution in [-0.4, -0.2) is 19.0 Å². The Morgan fingerprint density at radius 2 is 2.05 bits per heavy atom. The molecule has 4 N–H and O–H groups in total. The Labute approximate surface area is 109 Å². The molecule has 0 aliphatic rings. The highest BCUT2D eigenvalue weighted by atomic mass is 19.4. The summed E-state index contributed by atoms with van der Waals surface area (Å²) in [5.41, 5.74) is 4.96. The minimum atomic E-state index is -4.43. The van der Waals surface area contributed by atoms with E-state index in [1.54, 1.807) is 0 Å². The van der Waals surface area contributed by atoms with Crippen molar-refractivity contribution in [2.75, 3.05) is 24.1 Å². The highest BCUT2D eigenvalue weighted by molar-refractivity contribution is 5.82. The van der Waals surface area contributed by atoms with Gasteiger partial charge in [0.15, 0.2) is 0 Å². The van der Waals surface area contributed by atoms with E-state index in [9.17, 15) is 18.0 Å². The number of nitrogen functional groups attached to an aromatic ring is 1. The molecule has 0 heterocycles. The number of hydrogen-bond donors (Lipinski definition) is 3. The molecule has 7 heteroatoms. The van der Waals surface area contributed by atoms with E-state index < -0.39 is 11.7 Å². The zero-order chi connectivity index (χ0) is 14.5. The summed E-state index contributed by atoms with van der Waals surface area (Å²) >= 11 is 0. The lowest BCUT2D eigenvalue weighted by molar-refractivity contribution is -0.137. The number of amides is 1. The van der Waals surface area contributed by atoms with E-state index in [4.69, 9.17) is 5.73 Å². The quantitative estimate of drug-likeness (QED) is 0.722. The van der Waals surface area contributed by atoms with Crippen molar-refractivity contribution in [2.45, 2.75) is 19.5 Å². The maximum Gasteiger partial charge on any atom is 0.416 e. The van der Waals surface area contributed by atoms with Gasteiger partial charge in [0.05, 0.1) is 23.5 Å². The zero-order valence-corrected chi connectivity index (χ0v) is 10.5. The molecule has 1 aromatic carbocycles. The van der Waals surface area contributed by atoms with Crippen molar-refractivity contribution in [1.29, 1.82) is 0 Å². The molecule has 1 amide bonds. The molecule has 0 bridgehead atoms. The molecule has 0 aliphatic carbocycles. The summed E-state index contributed by atoms with van der Waals surface area (Å²) in [7, 11) is 0. The van der Waals surface area contributed by atoms with Crippen molar-refractivity contribution in [1.82, 2.24) is 5.32 Å². The van der Waals surface area contributed by atoms with Crippen molar-refractivity contribution >= 4 is 17.3 Å². The second-order valence-corrected chi connectivity index (χ2v) is 4.00. The summed E-state index contributed by atoms with van der Waals surface area (Å²) in [6.07, 6.45) is -3.61. The molecule has 0 fully saturated rings. The predicted octanol–water partition coefficient (Wildman–Crippen LogP) is 2.23. The molecule has 0 saturated heterocycles. The first-order chi connectivity index (χ1) is 8.84. The predicted molar refractivity (Wildman–Crippen MR) is 67.6 cm³/mol. The molecule has 0 unspecified atom stereocenters. The Kier molecular flexibility index (Phi) is 5.02. The van der Waals surface area contributed by atoms with Crippen LogP contribution in [0.1, 0.15) is 18.9 Å². The van der Waals surface area contributed by atoms with Gasteiger partial charge in [0.1, 0.15) is 0 Å². The third-order valence-corrected chi connectivity index (χ3v) is 2.39. The number of nitrogens with two attached hydrogens (primary N) is 1. The van der Waals surface area contributed by atoms with Crippen LogP contribution in [0.25, 0.3) is 0 Å². The Balaban J connectivity index is 2.63. The molecule has 1 rings (SSSR count). The Hall–Kier alpha value is -1.92. The number of anilines is 2. The molecule has 0 radical (unpaired) electrons. The van der Waals surface area contributed by atoms with Crippen molar-refractivity contribution in [3.63, 3.8) is 0 Å². The van der Waals surface area contributed by atoms with Crippen molar-refractivity contribution < 1.29 is 18.0 Å². The molecule has 19 heavy (non-hydrogen) atoms. The lowest BCUT2D eigenvalue weighted by Crippen LogP contribution is -2.30. The molecule has 0 aromatic heterocycles. The molecule has 4 nitrogen and oxygen atoms in total. The maximum absolute atomic E-state index is 12.4. The van der Waals surface area contributed by atoms with Crippen LogP contribution in [0, 0.1) is 0 Å². The molecule has 0 saturated carbocycles. The van der Waals surface area contributed by atoms with Gasteiger partial charge >= 0.3 is 6.18 Å². The number of carbonyl (C=O) groups is 1. The summed E-state index contributed by atoms with van der Waals surface area (Å²) in [5, 5.41) is 5.33. The van der Waals surface area contributed by atoms with Crippen molar-refractivity contribution in [3.05, 3.63) is 23.8 Å². The van der Waals surface area contributed by atoms with Crippen LogP contribution in [-0.2, 0) is 11.0 Å². The van der Waals surface area contributed by atoms with Gasteiger partial charge in [-0.2, -0.15) is 13.2 Å². The molecule has 0 aliphatic heterocycles. The lowest BCUT2D eigenvalue weighted by atomic mass is 10.1. The van der Waals surface area contributed by atoms with Crippen LogP contribution in [0.2, 0.25) is 0 Å². The normalized spacial score (nSPS) is 11.2. The minimum Gasteiger partial charge on any atom is -0.397 e. The van der Waals surface area contributed by atoms with Gasteiger partial charge in [-0.25, -0.2) is 0 Å². The van der Waals surface area contributed by atoms with Gasteiger partial charge in [0, 0.05) is 6.54 Å². The van der Waals surface area contributed by atoms with Crippen LogP contribution in [0.3, 0.4) is 0 Å². The summed E-state index contributed by atoms with van der Waals surface area (Å²) < 4.78 is 37.2. The highest BCUT2D eigenvalue weighted by Crippen LogP contribution is 2.32. The summed E-state index contributed by atoms with van der Waals surface area (Å²) in [4.78, 5) is 11.3. The third kappa shape index (κ3) is 4.69. The minimum absolute atomic E-state index is 0.0322. The van der Waals surface area contributed by atoms with Crippen LogP contribution >= 0.6 is 0 Å². The van der Waals surface area contributed by atoms with E-state index in [2.05, 4.69) is 10.6 Å². The standard InChI is InChI=1S/C12H16F3N3O/c1-2-5-17-11(19)7-18-10-4-3-8(6-9(10)16)12(13,14)15/h3-4,6,18H,2,5,7,16H2,1H3,(H,17,19). The number of rotatable bonds is 5. The topological polar surface area (TPSA) is 67.2 Å². The molecular formula is C12H16F3N3O. The van der Waals surface area contributed by atoms with Crippen LogP contribution < -0.4 is 16.4 Å². The summed E-state index contributed by atoms with van der Waals surface area (Å²) in [5.74, 6) is -0.235. The first-order valence-corrected chi connectivity index (χ1v) is 5.82. The smallest absolute Gasteiger partial charge is 0.397 e. The number of carbonyl (C=O) groups excluding carboxylic acids is 1. The molecule has 106 valence electrons. The monoisotopic (exact) mass is 275 g/mol. The van der Waals surface area contributed by atoms with Gasteiger partial charge in [-0.05, 0) is 24.6 Å². The SMILES string of the molecule is CCCNC(=O)CNc1ccc(C(F)(F)F)cc1N. The lowest BCUT2D eigenvalue weighted by Gasteiger charge is -2.12. The van der Waals surface area contributed by atoms with E-state index >= 15 is 0 Å². The first-order valence-electron chi connectivity index (χ1n) is 5.82. The Morgan fingerprint density at radius 1 is 1.37 bits per heavy atom. The largest absolute Gasteiger partial charge is 0.416 e. The number of benzene rings is 1. The van der Waals surface area contributed by atoms with Crippen molar-refractivity contribution in [2.24, 2.45) is 0 Å². The maximum atomic E-state index is 12.4. The van der Waals surface area contributed by atoms with E-state index in [-0.39, 0.29) is 18.1 Å². The van der Waals surface area contributed by atoms with Gasteiger partial charge < -0.3 is 16.4 Å². The highest BCUT2D eigenvalue weighted by Gasteiger charge is 2.30. The van der Waals surface area contributed by atoms with Gasteiger partial charge in [-0.3, -0.25) is 4.79 Å². The number of nitrogens with one attached hydrogen (secondary N) is 2. The van der Waals surface area contributed by atoms with Crippen molar-refractivity contribution in [3.8, 4) is 0 Å².